The summed E-state index contributed by atoms with van der Waals surface area (Å²) in [4.78, 5) is 27.0. The highest BCUT2D eigenvalue weighted by molar-refractivity contribution is 6.00. The van der Waals surface area contributed by atoms with Gasteiger partial charge in [-0.15, -0.1) is 0 Å². The van der Waals surface area contributed by atoms with Crippen LogP contribution in [-0.2, 0) is 4.79 Å². The van der Waals surface area contributed by atoms with Gasteiger partial charge in [-0.2, -0.15) is 0 Å². The van der Waals surface area contributed by atoms with Gasteiger partial charge >= 0.3 is 0 Å². The van der Waals surface area contributed by atoms with Crippen LogP contribution in [0.25, 0.3) is 0 Å². The molecule has 2 aliphatic rings. The van der Waals surface area contributed by atoms with E-state index in [4.69, 9.17) is 14.2 Å². The van der Waals surface area contributed by atoms with E-state index < -0.39 is 5.60 Å². The van der Waals surface area contributed by atoms with Crippen molar-refractivity contribution in [2.75, 3.05) is 26.8 Å². The number of carbonyl (C=O) groups is 2. The lowest BCUT2D eigenvalue weighted by molar-refractivity contribution is -0.135. The number of rotatable bonds is 6. The van der Waals surface area contributed by atoms with Crippen LogP contribution in [-0.4, -0.2) is 49.0 Å². The van der Waals surface area contributed by atoms with Crippen molar-refractivity contribution in [3.05, 3.63) is 54.1 Å². The number of amides is 1. The van der Waals surface area contributed by atoms with E-state index >= 15 is 0 Å². The number of methoxy groups -OCH3 is 1. The van der Waals surface area contributed by atoms with Crippen LogP contribution in [0.5, 0.6) is 17.2 Å². The molecule has 0 unspecified atom stereocenters. The monoisotopic (exact) mass is 409 g/mol. The summed E-state index contributed by atoms with van der Waals surface area (Å²) in [6.45, 7) is 1.73. The van der Waals surface area contributed by atoms with E-state index in [0.717, 1.165) is 11.5 Å². The van der Waals surface area contributed by atoms with E-state index in [1.165, 1.54) is 0 Å². The summed E-state index contributed by atoms with van der Waals surface area (Å²) in [6.07, 6.45) is 2.87. The summed E-state index contributed by atoms with van der Waals surface area (Å²) in [6, 6.07) is 14.8. The zero-order valence-corrected chi connectivity index (χ0v) is 17.3. The normalized spacial score (nSPS) is 17.2. The number of hydrogen-bond acceptors (Lipinski definition) is 5. The van der Waals surface area contributed by atoms with E-state index in [2.05, 4.69) is 0 Å². The van der Waals surface area contributed by atoms with Crippen LogP contribution < -0.4 is 14.2 Å². The van der Waals surface area contributed by atoms with Gasteiger partial charge in [0.1, 0.15) is 22.8 Å². The molecule has 1 saturated heterocycles. The van der Waals surface area contributed by atoms with Crippen LogP contribution in [0, 0.1) is 0 Å². The molecule has 0 N–H and O–H groups in total. The molecule has 0 bridgehead atoms. The molecule has 2 aromatic carbocycles. The van der Waals surface area contributed by atoms with Crippen LogP contribution >= 0.6 is 0 Å². The minimum atomic E-state index is -0.473. The molecule has 1 amide bonds. The molecule has 2 aromatic rings. The van der Waals surface area contributed by atoms with Crippen molar-refractivity contribution in [2.24, 2.45) is 0 Å². The summed E-state index contributed by atoms with van der Waals surface area (Å²) in [5.74, 6) is 2.48. The molecule has 158 valence electrons. The van der Waals surface area contributed by atoms with Crippen LogP contribution in [0.1, 0.15) is 42.5 Å². The second kappa shape index (κ2) is 8.78. The molecule has 0 aromatic heterocycles. The van der Waals surface area contributed by atoms with Crippen molar-refractivity contribution >= 4 is 11.7 Å². The van der Waals surface area contributed by atoms with Crippen molar-refractivity contribution in [3.63, 3.8) is 0 Å². The number of carbonyl (C=O) groups excluding carboxylic acids is 2. The third kappa shape index (κ3) is 4.42. The summed E-state index contributed by atoms with van der Waals surface area (Å²) < 4.78 is 17.1. The fraction of sp³-hybridized carbons (Fsp3) is 0.417. The minimum absolute atomic E-state index is 0.130. The van der Waals surface area contributed by atoms with Gasteiger partial charge in [0, 0.05) is 32.4 Å². The van der Waals surface area contributed by atoms with Crippen LogP contribution in [0.4, 0.5) is 0 Å². The van der Waals surface area contributed by atoms with Gasteiger partial charge in [0.25, 0.3) is 0 Å². The number of hydrogen-bond donors (Lipinski definition) is 0. The molecule has 4 rings (SSSR count). The quantitative estimate of drug-likeness (QED) is 0.678. The first-order valence-corrected chi connectivity index (χ1v) is 10.4. The average Bonchev–Trinajstić information content (AvgIpc) is 2.77. The number of ether oxygens (including phenoxy) is 3. The maximum atomic E-state index is 12.6. The Balaban J connectivity index is 1.22. The number of benzene rings is 2. The van der Waals surface area contributed by atoms with Crippen LogP contribution in [0.3, 0.4) is 0 Å². The number of piperidine rings is 1. The van der Waals surface area contributed by atoms with Gasteiger partial charge in [-0.05, 0) is 42.8 Å². The predicted octanol–water partition coefficient (Wildman–Crippen LogP) is 3.88. The second-order valence-corrected chi connectivity index (χ2v) is 7.89. The summed E-state index contributed by atoms with van der Waals surface area (Å²) >= 11 is 0. The zero-order valence-electron chi connectivity index (χ0n) is 17.3. The Bertz CT molecular complexity index is 900. The third-order valence-electron chi connectivity index (χ3n) is 5.89. The van der Waals surface area contributed by atoms with E-state index in [1.54, 1.807) is 7.11 Å². The molecule has 0 aliphatic carbocycles. The van der Waals surface area contributed by atoms with E-state index in [0.29, 0.717) is 63.1 Å². The van der Waals surface area contributed by atoms with E-state index in [9.17, 15) is 9.59 Å². The molecule has 6 nitrogen and oxygen atoms in total. The Hall–Kier alpha value is -3.02. The predicted molar refractivity (Wildman–Crippen MR) is 112 cm³/mol. The van der Waals surface area contributed by atoms with Crippen molar-refractivity contribution in [1.82, 2.24) is 4.90 Å². The number of para-hydroxylation sites is 1. The van der Waals surface area contributed by atoms with E-state index in [-0.39, 0.29) is 11.7 Å². The third-order valence-corrected chi connectivity index (χ3v) is 5.89. The first-order chi connectivity index (χ1) is 14.6. The zero-order chi connectivity index (χ0) is 21.0. The molecule has 2 heterocycles. The molecule has 1 spiro atoms. The molecule has 0 saturated carbocycles. The maximum absolute atomic E-state index is 12.6. The first-order valence-electron chi connectivity index (χ1n) is 10.4. The first kappa shape index (κ1) is 20.3. The van der Waals surface area contributed by atoms with Gasteiger partial charge in [-0.1, -0.05) is 12.1 Å². The Morgan fingerprint density at radius 3 is 2.50 bits per heavy atom. The Kier molecular flexibility index (Phi) is 5.93. The van der Waals surface area contributed by atoms with Crippen molar-refractivity contribution < 1.29 is 23.8 Å². The number of ketones is 1. The van der Waals surface area contributed by atoms with Gasteiger partial charge in [-0.25, -0.2) is 0 Å². The highest BCUT2D eigenvalue weighted by Crippen LogP contribution is 2.39. The molecule has 0 radical (unpaired) electrons. The molecular formula is C24H27NO5. The fourth-order valence-electron chi connectivity index (χ4n) is 4.13. The number of likely N-dealkylation sites (tertiary alicyclic amines) is 1. The van der Waals surface area contributed by atoms with Crippen molar-refractivity contribution in [1.29, 1.82) is 0 Å². The summed E-state index contributed by atoms with van der Waals surface area (Å²) in [5.41, 5.74) is 0.193. The highest BCUT2D eigenvalue weighted by atomic mass is 16.5. The van der Waals surface area contributed by atoms with Gasteiger partial charge in [0.05, 0.1) is 25.7 Å². The topological polar surface area (TPSA) is 65.1 Å². The molecule has 2 aliphatic heterocycles. The SMILES string of the molecule is COc1ccc(OCCCC(=O)N2CCC3(CC2)CC(=O)c2ccccc2O3)cc1. The Morgan fingerprint density at radius 2 is 1.77 bits per heavy atom. The lowest BCUT2D eigenvalue weighted by atomic mass is 9.82. The lowest BCUT2D eigenvalue weighted by Crippen LogP contribution is -2.52. The fourth-order valence-corrected chi connectivity index (χ4v) is 4.13. The molecule has 1 fully saturated rings. The van der Waals surface area contributed by atoms with Gasteiger partial charge in [0.15, 0.2) is 5.78 Å². The van der Waals surface area contributed by atoms with Gasteiger partial charge < -0.3 is 19.1 Å². The molecular weight excluding hydrogens is 382 g/mol. The van der Waals surface area contributed by atoms with Crippen LogP contribution in [0.2, 0.25) is 0 Å². The highest BCUT2D eigenvalue weighted by Gasteiger charge is 2.43. The standard InChI is InChI=1S/C24H27NO5/c1-28-18-8-10-19(11-9-18)29-16-4-7-23(27)25-14-12-24(13-15-25)17-21(26)20-5-2-3-6-22(20)30-24/h2-3,5-6,8-11H,4,7,12-17H2,1H3. The lowest BCUT2D eigenvalue weighted by Gasteiger charge is -2.44. The molecule has 6 heteroatoms. The summed E-state index contributed by atoms with van der Waals surface area (Å²) in [7, 11) is 1.63. The largest absolute Gasteiger partial charge is 0.497 e. The average molecular weight is 409 g/mol. The molecule has 30 heavy (non-hydrogen) atoms. The van der Waals surface area contributed by atoms with Crippen molar-refractivity contribution in [3.8, 4) is 17.2 Å². The summed E-state index contributed by atoms with van der Waals surface area (Å²) in [5, 5.41) is 0. The minimum Gasteiger partial charge on any atom is -0.497 e. The molecule has 0 atom stereocenters. The van der Waals surface area contributed by atoms with Gasteiger partial charge in [-0.3, -0.25) is 9.59 Å². The van der Waals surface area contributed by atoms with Gasteiger partial charge in [0.2, 0.25) is 5.91 Å². The number of Topliss-reactive ketones (excluding diaryl/α,β-unsaturated/α-hetero) is 1. The number of fused-ring (bicyclic) bond motifs is 1. The Morgan fingerprint density at radius 1 is 1.07 bits per heavy atom. The number of nitrogens with zero attached hydrogens (tertiary/aromatic N) is 1. The van der Waals surface area contributed by atoms with E-state index in [1.807, 2.05) is 53.4 Å². The maximum Gasteiger partial charge on any atom is 0.222 e. The smallest absolute Gasteiger partial charge is 0.222 e. The second-order valence-electron chi connectivity index (χ2n) is 7.89. The van der Waals surface area contributed by atoms with Crippen molar-refractivity contribution in [2.45, 2.75) is 37.7 Å². The van der Waals surface area contributed by atoms with Crippen LogP contribution in [0.15, 0.2) is 48.5 Å². The Labute approximate surface area is 176 Å².